The molecule has 0 aliphatic carbocycles. The SMILES string of the molecule is Cc1nn(C)cc1CN(C)C(=O)C=Cc1cccc2ccccc12. The third kappa shape index (κ3) is 3.38. The lowest BCUT2D eigenvalue weighted by molar-refractivity contribution is -0.125. The summed E-state index contributed by atoms with van der Waals surface area (Å²) in [6, 6.07) is 14.3. The first-order chi connectivity index (χ1) is 11.5. The van der Waals surface area contributed by atoms with E-state index in [1.165, 1.54) is 5.39 Å². The minimum atomic E-state index is -0.0220. The third-order valence-electron chi connectivity index (χ3n) is 4.13. The Balaban J connectivity index is 1.75. The van der Waals surface area contributed by atoms with Gasteiger partial charge in [-0.3, -0.25) is 9.48 Å². The molecule has 24 heavy (non-hydrogen) atoms. The molecular weight excluding hydrogens is 298 g/mol. The Labute approximate surface area is 142 Å². The molecule has 0 spiro atoms. The molecule has 0 aliphatic rings. The van der Waals surface area contributed by atoms with Crippen LogP contribution >= 0.6 is 0 Å². The molecule has 0 aliphatic heterocycles. The quantitative estimate of drug-likeness (QED) is 0.690. The fourth-order valence-corrected chi connectivity index (χ4v) is 2.82. The van der Waals surface area contributed by atoms with Gasteiger partial charge in [0.2, 0.25) is 5.91 Å². The molecule has 0 atom stereocenters. The van der Waals surface area contributed by atoms with Crippen LogP contribution in [0.4, 0.5) is 0 Å². The second kappa shape index (κ2) is 6.71. The highest BCUT2D eigenvalue weighted by Crippen LogP contribution is 2.19. The zero-order valence-corrected chi connectivity index (χ0v) is 14.2. The molecule has 3 rings (SSSR count). The Morgan fingerprint density at radius 3 is 2.71 bits per heavy atom. The number of aryl methyl sites for hydroxylation is 2. The largest absolute Gasteiger partial charge is 0.338 e. The number of rotatable bonds is 4. The molecule has 2 aromatic carbocycles. The number of carbonyl (C=O) groups excluding carboxylic acids is 1. The molecule has 0 N–H and O–H groups in total. The van der Waals surface area contributed by atoms with E-state index in [2.05, 4.69) is 23.3 Å². The highest BCUT2D eigenvalue weighted by atomic mass is 16.2. The van der Waals surface area contributed by atoms with E-state index >= 15 is 0 Å². The predicted octanol–water partition coefficient (Wildman–Crippen LogP) is 3.55. The number of benzene rings is 2. The summed E-state index contributed by atoms with van der Waals surface area (Å²) >= 11 is 0. The maximum absolute atomic E-state index is 12.4. The van der Waals surface area contributed by atoms with E-state index in [0.717, 1.165) is 22.2 Å². The van der Waals surface area contributed by atoms with Gasteiger partial charge in [-0.05, 0) is 29.3 Å². The maximum Gasteiger partial charge on any atom is 0.246 e. The highest BCUT2D eigenvalue weighted by molar-refractivity contribution is 5.96. The van der Waals surface area contributed by atoms with Crippen molar-refractivity contribution in [1.82, 2.24) is 14.7 Å². The van der Waals surface area contributed by atoms with Gasteiger partial charge in [0.25, 0.3) is 0 Å². The fraction of sp³-hybridized carbons (Fsp3) is 0.200. The normalized spacial score (nSPS) is 11.3. The number of hydrogen-bond acceptors (Lipinski definition) is 2. The number of likely N-dealkylation sites (N-methyl/N-ethyl adjacent to an activating group) is 1. The second-order valence-corrected chi connectivity index (χ2v) is 6.01. The molecule has 0 fully saturated rings. The molecule has 1 amide bonds. The molecule has 4 heteroatoms. The second-order valence-electron chi connectivity index (χ2n) is 6.01. The van der Waals surface area contributed by atoms with Gasteiger partial charge in [0.05, 0.1) is 5.69 Å². The van der Waals surface area contributed by atoms with Crippen molar-refractivity contribution in [2.75, 3.05) is 7.05 Å². The van der Waals surface area contributed by atoms with Gasteiger partial charge in [0, 0.05) is 38.5 Å². The molecule has 0 radical (unpaired) electrons. The Hall–Kier alpha value is -2.88. The number of fused-ring (bicyclic) bond motifs is 1. The standard InChI is InChI=1S/C20H21N3O/c1-15-18(14-23(3)21-15)13-22(2)20(24)12-11-17-9-6-8-16-7-4-5-10-19(16)17/h4-12,14H,13H2,1-3H3. The summed E-state index contributed by atoms with van der Waals surface area (Å²) < 4.78 is 1.77. The lowest BCUT2D eigenvalue weighted by Gasteiger charge is -2.14. The first-order valence-corrected chi connectivity index (χ1v) is 7.94. The number of hydrogen-bond donors (Lipinski definition) is 0. The lowest BCUT2D eigenvalue weighted by Crippen LogP contribution is -2.24. The fourth-order valence-electron chi connectivity index (χ4n) is 2.82. The van der Waals surface area contributed by atoms with Crippen molar-refractivity contribution in [2.24, 2.45) is 7.05 Å². The Bertz CT molecular complexity index is 903. The Morgan fingerprint density at radius 1 is 1.21 bits per heavy atom. The van der Waals surface area contributed by atoms with Crippen LogP contribution in [0.1, 0.15) is 16.8 Å². The monoisotopic (exact) mass is 319 g/mol. The third-order valence-corrected chi connectivity index (χ3v) is 4.13. The van der Waals surface area contributed by atoms with E-state index in [-0.39, 0.29) is 5.91 Å². The topological polar surface area (TPSA) is 38.1 Å². The summed E-state index contributed by atoms with van der Waals surface area (Å²) in [5.74, 6) is -0.0220. The summed E-state index contributed by atoms with van der Waals surface area (Å²) in [6.07, 6.45) is 5.47. The van der Waals surface area contributed by atoms with Crippen molar-refractivity contribution in [1.29, 1.82) is 0 Å². The first kappa shape index (κ1) is 16.0. The van der Waals surface area contributed by atoms with E-state index in [4.69, 9.17) is 0 Å². The lowest BCUT2D eigenvalue weighted by atomic mass is 10.0. The van der Waals surface area contributed by atoms with E-state index < -0.39 is 0 Å². The number of amides is 1. The summed E-state index contributed by atoms with van der Waals surface area (Å²) in [5, 5.41) is 6.63. The Kier molecular flexibility index (Phi) is 4.47. The van der Waals surface area contributed by atoms with Crippen molar-refractivity contribution in [2.45, 2.75) is 13.5 Å². The van der Waals surface area contributed by atoms with Crippen LogP contribution in [0.2, 0.25) is 0 Å². The average Bonchev–Trinajstić information content (AvgIpc) is 2.89. The van der Waals surface area contributed by atoms with Gasteiger partial charge in [-0.25, -0.2) is 0 Å². The van der Waals surface area contributed by atoms with Gasteiger partial charge in [0.1, 0.15) is 0 Å². The van der Waals surface area contributed by atoms with Crippen LogP contribution in [0.15, 0.2) is 54.7 Å². The molecule has 1 aromatic heterocycles. The highest BCUT2D eigenvalue weighted by Gasteiger charge is 2.10. The minimum Gasteiger partial charge on any atom is -0.338 e. The smallest absolute Gasteiger partial charge is 0.246 e. The molecule has 0 unspecified atom stereocenters. The van der Waals surface area contributed by atoms with Crippen LogP contribution < -0.4 is 0 Å². The molecule has 122 valence electrons. The average molecular weight is 319 g/mol. The van der Waals surface area contributed by atoms with Crippen LogP contribution in [-0.2, 0) is 18.4 Å². The Morgan fingerprint density at radius 2 is 1.96 bits per heavy atom. The summed E-state index contributed by atoms with van der Waals surface area (Å²) in [5.41, 5.74) is 3.06. The zero-order chi connectivity index (χ0) is 17.1. The van der Waals surface area contributed by atoms with Crippen molar-refractivity contribution in [3.63, 3.8) is 0 Å². The zero-order valence-electron chi connectivity index (χ0n) is 14.2. The van der Waals surface area contributed by atoms with E-state index in [9.17, 15) is 4.79 Å². The van der Waals surface area contributed by atoms with E-state index in [1.807, 2.05) is 57.6 Å². The molecular formula is C20H21N3O. The van der Waals surface area contributed by atoms with E-state index in [1.54, 1.807) is 15.7 Å². The van der Waals surface area contributed by atoms with Gasteiger partial charge < -0.3 is 4.90 Å². The van der Waals surface area contributed by atoms with Crippen molar-refractivity contribution < 1.29 is 4.79 Å². The predicted molar refractivity (Wildman–Crippen MR) is 97.4 cm³/mol. The van der Waals surface area contributed by atoms with Gasteiger partial charge in [-0.2, -0.15) is 5.10 Å². The van der Waals surface area contributed by atoms with Crippen molar-refractivity contribution in [3.8, 4) is 0 Å². The van der Waals surface area contributed by atoms with Gasteiger partial charge >= 0.3 is 0 Å². The first-order valence-electron chi connectivity index (χ1n) is 7.94. The summed E-state index contributed by atoms with van der Waals surface area (Å²) in [6.45, 7) is 2.51. The van der Waals surface area contributed by atoms with Crippen LogP contribution in [0.5, 0.6) is 0 Å². The van der Waals surface area contributed by atoms with Gasteiger partial charge in [0.15, 0.2) is 0 Å². The van der Waals surface area contributed by atoms with Crippen LogP contribution in [0.3, 0.4) is 0 Å². The summed E-state index contributed by atoms with van der Waals surface area (Å²) in [7, 11) is 3.70. The maximum atomic E-state index is 12.4. The summed E-state index contributed by atoms with van der Waals surface area (Å²) in [4.78, 5) is 14.1. The molecule has 3 aromatic rings. The minimum absolute atomic E-state index is 0.0220. The van der Waals surface area contributed by atoms with Crippen molar-refractivity contribution >= 4 is 22.8 Å². The van der Waals surface area contributed by atoms with Crippen LogP contribution in [0, 0.1) is 6.92 Å². The van der Waals surface area contributed by atoms with Crippen LogP contribution in [-0.4, -0.2) is 27.6 Å². The molecule has 4 nitrogen and oxygen atoms in total. The number of carbonyl (C=O) groups is 1. The molecule has 0 saturated heterocycles. The number of aromatic nitrogens is 2. The molecule has 1 heterocycles. The van der Waals surface area contributed by atoms with Crippen LogP contribution in [0.25, 0.3) is 16.8 Å². The van der Waals surface area contributed by atoms with E-state index in [0.29, 0.717) is 6.54 Å². The molecule has 0 saturated carbocycles. The molecule has 0 bridgehead atoms. The van der Waals surface area contributed by atoms with Gasteiger partial charge in [-0.15, -0.1) is 0 Å². The number of nitrogens with zero attached hydrogens (tertiary/aromatic N) is 3. The van der Waals surface area contributed by atoms with Crippen molar-refractivity contribution in [3.05, 3.63) is 71.6 Å². The van der Waals surface area contributed by atoms with Gasteiger partial charge in [-0.1, -0.05) is 42.5 Å².